The molecule has 0 spiro atoms. The lowest BCUT2D eigenvalue weighted by molar-refractivity contribution is 0.155. The average molecular weight is 246 g/mol. The number of hydrogen-bond acceptors (Lipinski definition) is 5. The van der Waals surface area contributed by atoms with E-state index in [-0.39, 0.29) is 12.7 Å². The van der Waals surface area contributed by atoms with Gasteiger partial charge in [0.2, 0.25) is 12.2 Å². The zero-order chi connectivity index (χ0) is 12.4. The highest BCUT2D eigenvalue weighted by Crippen LogP contribution is 2.35. The van der Waals surface area contributed by atoms with Crippen molar-refractivity contribution >= 4 is 0 Å². The Labute approximate surface area is 104 Å². The standard InChI is InChI=1S/C13H14N2O3/c16-11-5-1-4-10-9(11)3-2-6-12(10)17-7-13-14-8-18-15-13/h2-3,6,8,11,16H,1,4-5,7H2. The van der Waals surface area contributed by atoms with Gasteiger partial charge in [0.1, 0.15) is 5.75 Å². The highest BCUT2D eigenvalue weighted by molar-refractivity contribution is 5.42. The third kappa shape index (κ3) is 2.09. The summed E-state index contributed by atoms with van der Waals surface area (Å²) >= 11 is 0. The van der Waals surface area contributed by atoms with Crippen LogP contribution in [0.15, 0.2) is 29.1 Å². The third-order valence-electron chi connectivity index (χ3n) is 3.20. The van der Waals surface area contributed by atoms with Crippen LogP contribution in [-0.4, -0.2) is 15.2 Å². The van der Waals surface area contributed by atoms with E-state index < -0.39 is 0 Å². The molecule has 1 unspecified atom stereocenters. The van der Waals surface area contributed by atoms with Gasteiger partial charge in [0.15, 0.2) is 6.61 Å². The normalized spacial score (nSPS) is 18.4. The van der Waals surface area contributed by atoms with Gasteiger partial charge < -0.3 is 14.4 Å². The van der Waals surface area contributed by atoms with Gasteiger partial charge in [0, 0.05) is 0 Å². The lowest BCUT2D eigenvalue weighted by Gasteiger charge is -2.23. The summed E-state index contributed by atoms with van der Waals surface area (Å²) in [5.74, 6) is 1.32. The SMILES string of the molecule is OC1CCCc2c(OCc3ncon3)cccc21. The summed E-state index contributed by atoms with van der Waals surface area (Å²) in [6.45, 7) is 0.281. The Morgan fingerprint density at radius 1 is 1.44 bits per heavy atom. The number of aromatic nitrogens is 2. The van der Waals surface area contributed by atoms with Crippen LogP contribution in [0.25, 0.3) is 0 Å². The van der Waals surface area contributed by atoms with Gasteiger partial charge in [-0.1, -0.05) is 17.3 Å². The molecular weight excluding hydrogens is 232 g/mol. The van der Waals surface area contributed by atoms with Gasteiger partial charge in [-0.3, -0.25) is 0 Å². The van der Waals surface area contributed by atoms with E-state index in [0.29, 0.717) is 5.82 Å². The summed E-state index contributed by atoms with van der Waals surface area (Å²) in [6, 6.07) is 5.77. The van der Waals surface area contributed by atoms with Crippen LogP contribution in [0.1, 0.15) is 35.9 Å². The van der Waals surface area contributed by atoms with E-state index >= 15 is 0 Å². The molecule has 0 aliphatic heterocycles. The van der Waals surface area contributed by atoms with Gasteiger partial charge in [0.05, 0.1) is 6.10 Å². The Morgan fingerprint density at radius 3 is 3.22 bits per heavy atom. The molecular formula is C13H14N2O3. The van der Waals surface area contributed by atoms with Gasteiger partial charge >= 0.3 is 0 Å². The summed E-state index contributed by atoms with van der Waals surface area (Å²) in [4.78, 5) is 3.91. The minimum Gasteiger partial charge on any atom is -0.485 e. The first-order valence-electron chi connectivity index (χ1n) is 6.02. The number of aliphatic hydroxyl groups excluding tert-OH is 1. The lowest BCUT2D eigenvalue weighted by atomic mass is 9.89. The van der Waals surface area contributed by atoms with Crippen molar-refractivity contribution in [1.29, 1.82) is 0 Å². The Kier molecular flexibility index (Phi) is 2.98. The van der Waals surface area contributed by atoms with Crippen LogP contribution >= 0.6 is 0 Å². The Bertz CT molecular complexity index is 525. The van der Waals surface area contributed by atoms with Gasteiger partial charge in [-0.25, -0.2) is 0 Å². The monoisotopic (exact) mass is 246 g/mol. The van der Waals surface area contributed by atoms with E-state index in [4.69, 9.17) is 4.74 Å². The molecule has 0 fully saturated rings. The van der Waals surface area contributed by atoms with Gasteiger partial charge in [-0.05, 0) is 36.5 Å². The molecule has 0 saturated heterocycles. The third-order valence-corrected chi connectivity index (χ3v) is 3.20. The van der Waals surface area contributed by atoms with Crippen LogP contribution in [0.5, 0.6) is 5.75 Å². The summed E-state index contributed by atoms with van der Waals surface area (Å²) < 4.78 is 10.4. The van der Waals surface area contributed by atoms with Crippen molar-refractivity contribution in [2.24, 2.45) is 0 Å². The number of fused-ring (bicyclic) bond motifs is 1. The van der Waals surface area contributed by atoms with Crippen molar-refractivity contribution in [1.82, 2.24) is 10.1 Å². The smallest absolute Gasteiger partial charge is 0.213 e. The van der Waals surface area contributed by atoms with Crippen LogP contribution in [0.3, 0.4) is 0 Å². The molecule has 0 bridgehead atoms. The maximum absolute atomic E-state index is 9.94. The largest absolute Gasteiger partial charge is 0.485 e. The van der Waals surface area contributed by atoms with Crippen LogP contribution in [0, 0.1) is 0 Å². The van der Waals surface area contributed by atoms with Crippen molar-refractivity contribution in [2.75, 3.05) is 0 Å². The second kappa shape index (κ2) is 4.78. The molecule has 1 N–H and O–H groups in total. The number of hydrogen-bond donors (Lipinski definition) is 1. The van der Waals surface area contributed by atoms with E-state index in [2.05, 4.69) is 14.7 Å². The number of rotatable bonds is 3. The van der Waals surface area contributed by atoms with E-state index in [1.54, 1.807) is 0 Å². The van der Waals surface area contributed by atoms with E-state index in [0.717, 1.165) is 36.1 Å². The van der Waals surface area contributed by atoms with Crippen molar-refractivity contribution in [2.45, 2.75) is 32.0 Å². The fraction of sp³-hybridized carbons (Fsp3) is 0.385. The molecule has 0 amide bonds. The molecule has 5 nitrogen and oxygen atoms in total. The van der Waals surface area contributed by atoms with Crippen LogP contribution in [0.2, 0.25) is 0 Å². The fourth-order valence-corrected chi connectivity index (χ4v) is 2.32. The van der Waals surface area contributed by atoms with Gasteiger partial charge in [-0.2, -0.15) is 4.98 Å². The molecule has 18 heavy (non-hydrogen) atoms. The molecule has 1 aromatic carbocycles. The van der Waals surface area contributed by atoms with Crippen molar-refractivity contribution < 1.29 is 14.4 Å². The number of aliphatic hydroxyl groups is 1. The Hall–Kier alpha value is -1.88. The summed E-state index contributed by atoms with van der Waals surface area (Å²) in [5.41, 5.74) is 2.08. The molecule has 1 aliphatic rings. The van der Waals surface area contributed by atoms with Crippen LogP contribution < -0.4 is 4.74 Å². The maximum Gasteiger partial charge on any atom is 0.213 e. The first kappa shape index (κ1) is 11.2. The van der Waals surface area contributed by atoms with Gasteiger partial charge in [0.25, 0.3) is 0 Å². The average Bonchev–Trinajstić information content (AvgIpc) is 2.90. The quantitative estimate of drug-likeness (QED) is 0.897. The molecule has 0 radical (unpaired) electrons. The van der Waals surface area contributed by atoms with E-state index in [1.165, 1.54) is 6.39 Å². The van der Waals surface area contributed by atoms with Crippen LogP contribution in [0.4, 0.5) is 0 Å². The first-order valence-corrected chi connectivity index (χ1v) is 6.02. The van der Waals surface area contributed by atoms with Crippen molar-refractivity contribution in [3.05, 3.63) is 41.5 Å². The van der Waals surface area contributed by atoms with E-state index in [9.17, 15) is 5.11 Å². The highest BCUT2D eigenvalue weighted by Gasteiger charge is 2.20. The highest BCUT2D eigenvalue weighted by atomic mass is 16.5. The molecule has 1 aromatic heterocycles. The van der Waals surface area contributed by atoms with Gasteiger partial charge in [-0.15, -0.1) is 0 Å². The predicted octanol–water partition coefficient (Wildman–Crippen LogP) is 2.02. The summed E-state index contributed by atoms with van der Waals surface area (Å²) in [5, 5.41) is 13.6. The Balaban J connectivity index is 1.82. The zero-order valence-electron chi connectivity index (χ0n) is 9.87. The zero-order valence-corrected chi connectivity index (χ0v) is 9.87. The summed E-state index contributed by atoms with van der Waals surface area (Å²) in [6.07, 6.45) is 3.65. The first-order chi connectivity index (χ1) is 8.84. The van der Waals surface area contributed by atoms with Crippen molar-refractivity contribution in [3.63, 3.8) is 0 Å². The second-order valence-corrected chi connectivity index (χ2v) is 4.37. The number of benzene rings is 1. The molecule has 2 aromatic rings. The fourth-order valence-electron chi connectivity index (χ4n) is 2.32. The molecule has 3 rings (SSSR count). The minimum atomic E-state index is -0.373. The number of nitrogens with zero attached hydrogens (tertiary/aromatic N) is 2. The Morgan fingerprint density at radius 2 is 2.39 bits per heavy atom. The topological polar surface area (TPSA) is 68.4 Å². The maximum atomic E-state index is 9.94. The molecule has 94 valence electrons. The minimum absolute atomic E-state index is 0.281. The van der Waals surface area contributed by atoms with Crippen molar-refractivity contribution in [3.8, 4) is 5.75 Å². The second-order valence-electron chi connectivity index (χ2n) is 4.37. The van der Waals surface area contributed by atoms with Crippen LogP contribution in [-0.2, 0) is 13.0 Å². The predicted molar refractivity (Wildman–Crippen MR) is 63.0 cm³/mol. The molecule has 1 heterocycles. The lowest BCUT2D eigenvalue weighted by Crippen LogP contribution is -2.11. The molecule has 5 heteroatoms. The molecule has 0 saturated carbocycles. The molecule has 1 atom stereocenters. The number of ether oxygens (including phenoxy) is 1. The molecule has 1 aliphatic carbocycles. The van der Waals surface area contributed by atoms with E-state index in [1.807, 2.05) is 18.2 Å². The summed E-state index contributed by atoms with van der Waals surface area (Å²) in [7, 11) is 0.